The van der Waals surface area contributed by atoms with E-state index in [1.54, 1.807) is 0 Å². The lowest BCUT2D eigenvalue weighted by atomic mass is 10.2. The number of amides is 2. The first kappa shape index (κ1) is 19.7. The molecule has 0 aromatic heterocycles. The van der Waals surface area contributed by atoms with E-state index < -0.39 is 0 Å². The molecule has 1 aromatic rings. The number of nitrogens with one attached hydrogen (secondary N) is 2. The lowest BCUT2D eigenvalue weighted by Crippen LogP contribution is -2.52. The first-order chi connectivity index (χ1) is 11.7. The zero-order valence-electron chi connectivity index (χ0n) is 14.4. The normalized spacial score (nSPS) is 20.8. The van der Waals surface area contributed by atoms with Gasteiger partial charge in [-0.15, -0.1) is 12.4 Å². The van der Waals surface area contributed by atoms with Crippen LogP contribution in [0.1, 0.15) is 18.4 Å². The van der Waals surface area contributed by atoms with Crippen LogP contribution in [0.4, 0.5) is 0 Å². The summed E-state index contributed by atoms with van der Waals surface area (Å²) < 4.78 is 0. The van der Waals surface area contributed by atoms with Crippen LogP contribution in [0.3, 0.4) is 0 Å². The Hall–Kier alpha value is -1.63. The molecule has 0 unspecified atom stereocenters. The van der Waals surface area contributed by atoms with Gasteiger partial charge in [0, 0.05) is 32.7 Å². The molecule has 0 spiro atoms. The van der Waals surface area contributed by atoms with Crippen molar-refractivity contribution < 1.29 is 9.59 Å². The maximum absolute atomic E-state index is 12.3. The van der Waals surface area contributed by atoms with Gasteiger partial charge in [-0.1, -0.05) is 30.3 Å². The molecule has 3 rings (SSSR count). The van der Waals surface area contributed by atoms with Crippen molar-refractivity contribution in [1.29, 1.82) is 0 Å². The van der Waals surface area contributed by atoms with Crippen LogP contribution in [0.5, 0.6) is 0 Å². The van der Waals surface area contributed by atoms with Crippen LogP contribution in [0.2, 0.25) is 0 Å². The highest BCUT2D eigenvalue weighted by molar-refractivity contribution is 5.87. The summed E-state index contributed by atoms with van der Waals surface area (Å²) in [5.74, 6) is -0.0377. The van der Waals surface area contributed by atoms with Crippen LogP contribution in [0, 0.1) is 0 Å². The van der Waals surface area contributed by atoms with E-state index in [4.69, 9.17) is 0 Å². The summed E-state index contributed by atoms with van der Waals surface area (Å²) in [6.45, 7) is 5.11. The molecule has 7 heteroatoms. The Labute approximate surface area is 155 Å². The van der Waals surface area contributed by atoms with Gasteiger partial charge in [0.1, 0.15) is 0 Å². The number of piperazine rings is 1. The molecule has 2 heterocycles. The van der Waals surface area contributed by atoms with E-state index in [9.17, 15) is 9.59 Å². The maximum atomic E-state index is 12.3. The number of nitrogens with zero attached hydrogens (tertiary/aromatic N) is 2. The summed E-state index contributed by atoms with van der Waals surface area (Å²) in [7, 11) is 0. The third-order valence-electron chi connectivity index (χ3n) is 4.76. The van der Waals surface area contributed by atoms with Gasteiger partial charge >= 0.3 is 0 Å². The summed E-state index contributed by atoms with van der Waals surface area (Å²) in [6, 6.07) is 10.3. The van der Waals surface area contributed by atoms with E-state index in [-0.39, 0.29) is 36.8 Å². The second kappa shape index (κ2) is 9.75. The molecule has 0 bridgehead atoms. The monoisotopic (exact) mass is 366 g/mol. The number of hydrogen-bond donors (Lipinski definition) is 2. The van der Waals surface area contributed by atoms with E-state index in [0.717, 1.165) is 52.1 Å². The summed E-state index contributed by atoms with van der Waals surface area (Å²) >= 11 is 0. The molecule has 2 amide bonds. The van der Waals surface area contributed by atoms with Gasteiger partial charge in [0.25, 0.3) is 0 Å². The van der Waals surface area contributed by atoms with Crippen molar-refractivity contribution in [3.8, 4) is 0 Å². The molecule has 2 saturated heterocycles. The van der Waals surface area contributed by atoms with Crippen LogP contribution >= 0.6 is 12.4 Å². The van der Waals surface area contributed by atoms with Crippen LogP contribution in [-0.2, 0) is 16.1 Å². The van der Waals surface area contributed by atoms with Gasteiger partial charge in [-0.2, -0.15) is 0 Å². The SMILES string of the molecule is Cl.O=C(NCC(=O)N1CCN(Cc2ccccc2)CC1)[C@@H]1CCCN1. The minimum absolute atomic E-state index is 0. The Kier molecular flexibility index (Phi) is 7.68. The second-order valence-corrected chi connectivity index (χ2v) is 6.51. The van der Waals surface area contributed by atoms with E-state index >= 15 is 0 Å². The van der Waals surface area contributed by atoms with Crippen molar-refractivity contribution in [2.75, 3.05) is 39.3 Å². The van der Waals surface area contributed by atoms with Crippen LogP contribution in [0.15, 0.2) is 30.3 Å². The van der Waals surface area contributed by atoms with Gasteiger partial charge in [0.15, 0.2) is 0 Å². The highest BCUT2D eigenvalue weighted by Gasteiger charge is 2.24. The maximum Gasteiger partial charge on any atom is 0.242 e. The molecule has 0 saturated carbocycles. The Balaban J connectivity index is 0.00000225. The van der Waals surface area contributed by atoms with E-state index in [1.165, 1.54) is 5.56 Å². The third-order valence-corrected chi connectivity index (χ3v) is 4.76. The summed E-state index contributed by atoms with van der Waals surface area (Å²) in [5.41, 5.74) is 1.30. The van der Waals surface area contributed by atoms with Gasteiger partial charge in [-0.3, -0.25) is 14.5 Å². The Morgan fingerprint density at radius 2 is 1.84 bits per heavy atom. The molecular formula is C18H27ClN4O2. The fraction of sp³-hybridized carbons (Fsp3) is 0.556. The Morgan fingerprint density at radius 3 is 2.48 bits per heavy atom. The fourth-order valence-electron chi connectivity index (χ4n) is 3.30. The molecular weight excluding hydrogens is 340 g/mol. The second-order valence-electron chi connectivity index (χ2n) is 6.51. The summed E-state index contributed by atoms with van der Waals surface area (Å²) in [6.07, 6.45) is 1.88. The molecule has 2 aliphatic rings. The number of hydrogen-bond acceptors (Lipinski definition) is 4. The zero-order valence-corrected chi connectivity index (χ0v) is 15.3. The predicted octanol–water partition coefficient (Wildman–Crippen LogP) is 0.621. The lowest BCUT2D eigenvalue weighted by molar-refractivity contribution is -0.134. The summed E-state index contributed by atoms with van der Waals surface area (Å²) in [4.78, 5) is 28.4. The highest BCUT2D eigenvalue weighted by Crippen LogP contribution is 2.09. The van der Waals surface area contributed by atoms with Crippen molar-refractivity contribution in [3.05, 3.63) is 35.9 Å². The molecule has 1 aromatic carbocycles. The minimum atomic E-state index is -0.125. The number of carbonyl (C=O) groups is 2. The molecule has 6 nitrogen and oxygen atoms in total. The smallest absolute Gasteiger partial charge is 0.242 e. The van der Waals surface area contributed by atoms with Crippen LogP contribution in [-0.4, -0.2) is 66.9 Å². The van der Waals surface area contributed by atoms with Gasteiger partial charge in [0.2, 0.25) is 11.8 Å². The number of rotatable bonds is 5. The van der Waals surface area contributed by atoms with E-state index in [1.807, 2.05) is 11.0 Å². The number of halogens is 1. The number of carbonyl (C=O) groups excluding carboxylic acids is 2. The molecule has 2 aliphatic heterocycles. The first-order valence-electron chi connectivity index (χ1n) is 8.77. The first-order valence-corrected chi connectivity index (χ1v) is 8.77. The van der Waals surface area contributed by atoms with Crippen LogP contribution in [0.25, 0.3) is 0 Å². The van der Waals surface area contributed by atoms with Crippen molar-refractivity contribution >= 4 is 24.2 Å². The van der Waals surface area contributed by atoms with E-state index in [2.05, 4.69) is 39.8 Å². The van der Waals surface area contributed by atoms with Crippen LogP contribution < -0.4 is 10.6 Å². The zero-order chi connectivity index (χ0) is 16.8. The Bertz CT molecular complexity index is 555. The van der Waals surface area contributed by atoms with Crippen molar-refractivity contribution in [3.63, 3.8) is 0 Å². The molecule has 0 radical (unpaired) electrons. The highest BCUT2D eigenvalue weighted by atomic mass is 35.5. The predicted molar refractivity (Wildman–Crippen MR) is 99.6 cm³/mol. The number of benzene rings is 1. The average Bonchev–Trinajstić information content (AvgIpc) is 3.16. The molecule has 2 N–H and O–H groups in total. The van der Waals surface area contributed by atoms with Crippen molar-refractivity contribution in [1.82, 2.24) is 20.4 Å². The largest absolute Gasteiger partial charge is 0.346 e. The standard InChI is InChI=1S/C18H26N4O2.ClH/c23-17(13-20-18(24)16-7-4-8-19-16)22-11-9-21(10-12-22)14-15-5-2-1-3-6-15;/h1-3,5-6,16,19H,4,7-14H2,(H,20,24);1H/t16-;/m0./s1. The fourth-order valence-corrected chi connectivity index (χ4v) is 3.30. The summed E-state index contributed by atoms with van der Waals surface area (Å²) in [5, 5.41) is 5.91. The Morgan fingerprint density at radius 1 is 1.12 bits per heavy atom. The molecule has 1 atom stereocenters. The van der Waals surface area contributed by atoms with E-state index in [0.29, 0.717) is 0 Å². The molecule has 2 fully saturated rings. The topological polar surface area (TPSA) is 64.7 Å². The third kappa shape index (κ3) is 5.70. The minimum Gasteiger partial charge on any atom is -0.346 e. The average molecular weight is 367 g/mol. The molecule has 0 aliphatic carbocycles. The molecule has 25 heavy (non-hydrogen) atoms. The van der Waals surface area contributed by atoms with Gasteiger partial charge < -0.3 is 15.5 Å². The van der Waals surface area contributed by atoms with Gasteiger partial charge in [-0.05, 0) is 24.9 Å². The van der Waals surface area contributed by atoms with Crippen molar-refractivity contribution in [2.45, 2.75) is 25.4 Å². The molecule has 138 valence electrons. The van der Waals surface area contributed by atoms with Gasteiger partial charge in [-0.25, -0.2) is 0 Å². The van der Waals surface area contributed by atoms with Crippen molar-refractivity contribution in [2.24, 2.45) is 0 Å². The van der Waals surface area contributed by atoms with Gasteiger partial charge in [0.05, 0.1) is 12.6 Å². The quantitative estimate of drug-likeness (QED) is 0.802. The lowest BCUT2D eigenvalue weighted by Gasteiger charge is -2.34.